The molecule has 2 saturated carbocycles. The van der Waals surface area contributed by atoms with E-state index in [1.54, 1.807) is 0 Å². The van der Waals surface area contributed by atoms with E-state index in [1.807, 2.05) is 31.3 Å². The second-order valence-electron chi connectivity index (χ2n) is 13.5. The van der Waals surface area contributed by atoms with Gasteiger partial charge in [-0.25, -0.2) is 4.98 Å². The Morgan fingerprint density at radius 2 is 1.83 bits per heavy atom. The second kappa shape index (κ2) is 13.9. The first-order valence-electron chi connectivity index (χ1n) is 16.7. The lowest BCUT2D eigenvalue weighted by Crippen LogP contribution is -2.47. The quantitative estimate of drug-likeness (QED) is 0.224. The van der Waals surface area contributed by atoms with E-state index in [0.29, 0.717) is 41.5 Å². The molecule has 7 nitrogen and oxygen atoms in total. The first-order valence-corrected chi connectivity index (χ1v) is 17.8. The van der Waals surface area contributed by atoms with Gasteiger partial charge in [0.1, 0.15) is 11.9 Å². The Labute approximate surface area is 286 Å². The van der Waals surface area contributed by atoms with Gasteiger partial charge < -0.3 is 25.2 Å². The number of halogens is 3. The van der Waals surface area contributed by atoms with Gasteiger partial charge in [0.2, 0.25) is 5.91 Å². The van der Waals surface area contributed by atoms with Crippen molar-refractivity contribution in [3.05, 3.63) is 86.0 Å². The minimum Gasteiger partial charge on any atom is -0.485 e. The van der Waals surface area contributed by atoms with E-state index in [2.05, 4.69) is 44.7 Å². The van der Waals surface area contributed by atoms with Crippen molar-refractivity contribution in [2.24, 2.45) is 5.92 Å². The third kappa shape index (κ3) is 7.44. The second-order valence-corrected chi connectivity index (χ2v) is 14.7. The number of carbonyl (C=O) groups excluding carboxylic acids is 1. The lowest BCUT2D eigenvalue weighted by molar-refractivity contribution is -0.138. The van der Waals surface area contributed by atoms with Crippen LogP contribution in [0.4, 0.5) is 5.82 Å². The molecule has 1 aromatic heterocycles. The predicted octanol–water partition coefficient (Wildman–Crippen LogP) is 7.14. The summed E-state index contributed by atoms with van der Waals surface area (Å²) >= 11 is 19.6. The molecular formula is C36H42Cl3N5O2. The molecule has 10 heteroatoms. The fourth-order valence-corrected chi connectivity index (χ4v) is 7.76. The summed E-state index contributed by atoms with van der Waals surface area (Å²) in [6.07, 6.45) is 8.32. The third-order valence-corrected chi connectivity index (χ3v) is 10.7. The van der Waals surface area contributed by atoms with E-state index in [9.17, 15) is 4.79 Å². The van der Waals surface area contributed by atoms with Crippen LogP contribution in [0.2, 0.25) is 15.1 Å². The molecule has 244 valence electrons. The number of benzene rings is 2. The van der Waals surface area contributed by atoms with Gasteiger partial charge in [-0.1, -0.05) is 53.0 Å². The summed E-state index contributed by atoms with van der Waals surface area (Å²) in [4.78, 5) is 23.5. The molecule has 46 heavy (non-hydrogen) atoms. The number of carbonyl (C=O) groups is 1. The first kappa shape index (κ1) is 32.0. The number of amides is 1. The fourth-order valence-electron chi connectivity index (χ4n) is 6.90. The SMILES string of the molecule is Cc1cc(Cl)c(O[C@H]2CCN(c3ccc(C4CCNCC4C(=O)N(Cc4cc(CNC5CC5)ccc4Cl)C4CC4)cn3)C2)c(Cl)c1. The van der Waals surface area contributed by atoms with Crippen LogP contribution in [0.5, 0.6) is 5.75 Å². The topological polar surface area (TPSA) is 69.7 Å². The van der Waals surface area contributed by atoms with E-state index >= 15 is 0 Å². The normalized spacial score (nSPS) is 23.0. The van der Waals surface area contributed by atoms with Crippen molar-refractivity contribution in [2.45, 2.75) is 82.6 Å². The molecule has 2 aliphatic heterocycles. The molecule has 2 aliphatic carbocycles. The van der Waals surface area contributed by atoms with Crippen LogP contribution >= 0.6 is 34.8 Å². The Balaban J connectivity index is 1.02. The molecule has 2 aromatic carbocycles. The number of hydrogen-bond donors (Lipinski definition) is 2. The fraction of sp³-hybridized carbons (Fsp3) is 0.500. The third-order valence-electron chi connectivity index (χ3n) is 9.79. The van der Waals surface area contributed by atoms with E-state index in [-0.39, 0.29) is 29.9 Å². The molecule has 3 heterocycles. The van der Waals surface area contributed by atoms with Gasteiger partial charge >= 0.3 is 0 Å². The number of nitrogens with zero attached hydrogens (tertiary/aromatic N) is 3. The molecule has 2 unspecified atom stereocenters. The van der Waals surface area contributed by atoms with Crippen molar-refractivity contribution < 1.29 is 9.53 Å². The van der Waals surface area contributed by atoms with Gasteiger partial charge in [-0.15, -0.1) is 0 Å². The van der Waals surface area contributed by atoms with E-state index in [4.69, 9.17) is 44.5 Å². The van der Waals surface area contributed by atoms with E-state index in [0.717, 1.165) is 72.8 Å². The molecule has 0 bridgehead atoms. The van der Waals surface area contributed by atoms with E-state index < -0.39 is 0 Å². The van der Waals surface area contributed by atoms with Crippen LogP contribution in [-0.4, -0.2) is 60.2 Å². The molecule has 4 aliphatic rings. The molecule has 3 aromatic rings. The van der Waals surface area contributed by atoms with Gasteiger partial charge in [0.15, 0.2) is 5.75 Å². The van der Waals surface area contributed by atoms with Crippen LogP contribution in [0.15, 0.2) is 48.7 Å². The van der Waals surface area contributed by atoms with Crippen LogP contribution in [0.25, 0.3) is 0 Å². The van der Waals surface area contributed by atoms with Crippen LogP contribution in [-0.2, 0) is 17.9 Å². The maximum Gasteiger partial charge on any atom is 0.228 e. The number of ether oxygens (including phenoxy) is 1. The zero-order chi connectivity index (χ0) is 31.8. The highest BCUT2D eigenvalue weighted by molar-refractivity contribution is 6.37. The number of pyridine rings is 1. The highest BCUT2D eigenvalue weighted by Gasteiger charge is 2.40. The standard InChI is InChI=1S/C36H42Cl3N5O2/c1-22-14-32(38)35(33(39)15-22)46-28-11-13-43(21-28)34-9-3-24(18-42-34)29-10-12-40-19-30(29)36(45)44(27-6-7-27)20-25-16-23(2-8-31(25)37)17-41-26-4-5-26/h2-3,8-9,14-16,18,26-30,40-41H,4-7,10-13,17,19-21H2,1H3/t28-,29?,30?/m0/s1. The zero-order valence-electron chi connectivity index (χ0n) is 26.3. The Morgan fingerprint density at radius 1 is 1.02 bits per heavy atom. The largest absolute Gasteiger partial charge is 0.485 e. The average molecular weight is 683 g/mol. The van der Waals surface area contributed by atoms with Crippen LogP contribution < -0.4 is 20.3 Å². The van der Waals surface area contributed by atoms with Crippen molar-refractivity contribution in [1.29, 1.82) is 0 Å². The van der Waals surface area contributed by atoms with Crippen LogP contribution in [0, 0.1) is 12.8 Å². The summed E-state index contributed by atoms with van der Waals surface area (Å²) in [6, 6.07) is 15.2. The van der Waals surface area contributed by atoms with Crippen LogP contribution in [0.1, 0.15) is 66.7 Å². The number of nitrogens with one attached hydrogen (secondary N) is 2. The Morgan fingerprint density at radius 3 is 2.54 bits per heavy atom. The minimum absolute atomic E-state index is 0.0253. The van der Waals surface area contributed by atoms with Crippen molar-refractivity contribution in [3.8, 4) is 5.75 Å². The number of aromatic nitrogens is 1. The molecule has 7 rings (SSSR count). The Hall–Kier alpha value is -2.55. The number of anilines is 1. The maximum absolute atomic E-state index is 14.3. The summed E-state index contributed by atoms with van der Waals surface area (Å²) in [7, 11) is 0. The summed E-state index contributed by atoms with van der Waals surface area (Å²) in [5.41, 5.74) is 4.37. The molecule has 0 spiro atoms. The van der Waals surface area contributed by atoms with Gasteiger partial charge in [-0.3, -0.25) is 4.79 Å². The smallest absolute Gasteiger partial charge is 0.228 e. The van der Waals surface area contributed by atoms with Gasteiger partial charge in [0.25, 0.3) is 0 Å². The summed E-state index contributed by atoms with van der Waals surface area (Å²) in [5, 5.41) is 8.89. The molecule has 2 N–H and O–H groups in total. The van der Waals surface area contributed by atoms with Crippen molar-refractivity contribution in [3.63, 3.8) is 0 Å². The van der Waals surface area contributed by atoms with Gasteiger partial charge in [0, 0.05) is 55.9 Å². The van der Waals surface area contributed by atoms with Crippen molar-refractivity contribution >= 4 is 46.5 Å². The molecule has 1 amide bonds. The summed E-state index contributed by atoms with van der Waals surface area (Å²) < 4.78 is 6.24. The molecule has 0 radical (unpaired) electrons. The number of rotatable bonds is 11. The lowest BCUT2D eigenvalue weighted by Gasteiger charge is -2.36. The van der Waals surface area contributed by atoms with Gasteiger partial charge in [0.05, 0.1) is 22.5 Å². The highest BCUT2D eigenvalue weighted by atomic mass is 35.5. The zero-order valence-corrected chi connectivity index (χ0v) is 28.6. The highest BCUT2D eigenvalue weighted by Crippen LogP contribution is 2.38. The monoisotopic (exact) mass is 681 g/mol. The number of piperidine rings is 1. The predicted molar refractivity (Wildman–Crippen MR) is 185 cm³/mol. The molecule has 2 saturated heterocycles. The molecule has 4 fully saturated rings. The lowest BCUT2D eigenvalue weighted by atomic mass is 9.80. The number of aryl methyl sites for hydroxylation is 1. The summed E-state index contributed by atoms with van der Waals surface area (Å²) in [6.45, 7) is 6.45. The van der Waals surface area contributed by atoms with E-state index in [1.165, 1.54) is 18.4 Å². The first-order chi connectivity index (χ1) is 22.3. The van der Waals surface area contributed by atoms with Crippen molar-refractivity contribution in [1.82, 2.24) is 20.5 Å². The summed E-state index contributed by atoms with van der Waals surface area (Å²) in [5.74, 6) is 1.65. The molecular weight excluding hydrogens is 641 g/mol. The average Bonchev–Trinajstić information content (AvgIpc) is 4.00. The Kier molecular flexibility index (Phi) is 9.67. The van der Waals surface area contributed by atoms with Crippen LogP contribution in [0.3, 0.4) is 0 Å². The van der Waals surface area contributed by atoms with Gasteiger partial charge in [-0.05, 0) is 98.0 Å². The maximum atomic E-state index is 14.3. The van der Waals surface area contributed by atoms with Crippen molar-refractivity contribution in [2.75, 3.05) is 31.1 Å². The molecule has 3 atom stereocenters. The number of hydrogen-bond acceptors (Lipinski definition) is 6. The Bertz CT molecular complexity index is 1540. The van der Waals surface area contributed by atoms with Gasteiger partial charge in [-0.2, -0.15) is 0 Å². The minimum atomic E-state index is -0.144.